The fourth-order valence-corrected chi connectivity index (χ4v) is 6.88. The molecule has 0 aromatic carbocycles. The highest BCUT2D eigenvalue weighted by atomic mass is 16.2. The quantitative estimate of drug-likeness (QED) is 0.763. The average molecular weight is 362 g/mol. The molecule has 0 aromatic heterocycles. The second-order valence-electron chi connectivity index (χ2n) is 9.98. The van der Waals surface area contributed by atoms with E-state index in [-0.39, 0.29) is 29.3 Å². The van der Waals surface area contributed by atoms with Gasteiger partial charge in [-0.2, -0.15) is 0 Å². The predicted molar refractivity (Wildman–Crippen MR) is 102 cm³/mol. The summed E-state index contributed by atoms with van der Waals surface area (Å²) in [6, 6.07) is 0. The summed E-state index contributed by atoms with van der Waals surface area (Å²) in [7, 11) is 4.21. The van der Waals surface area contributed by atoms with E-state index in [1.807, 2.05) is 0 Å². The number of carbonyl (C=O) groups is 2. The minimum Gasteiger partial charge on any atom is -0.353 e. The molecule has 0 radical (unpaired) electrons. The van der Waals surface area contributed by atoms with Crippen LogP contribution in [0.2, 0.25) is 0 Å². The van der Waals surface area contributed by atoms with Gasteiger partial charge in [-0.1, -0.05) is 12.8 Å². The van der Waals surface area contributed by atoms with E-state index in [1.54, 1.807) is 0 Å². The molecule has 5 fully saturated rings. The van der Waals surface area contributed by atoms with Gasteiger partial charge >= 0.3 is 0 Å². The Hall–Kier alpha value is -1.10. The van der Waals surface area contributed by atoms with Gasteiger partial charge < -0.3 is 15.5 Å². The number of hydrogen-bond donors (Lipinski definition) is 2. The molecule has 0 heterocycles. The molecule has 0 spiro atoms. The smallest absolute Gasteiger partial charge is 0.239 e. The summed E-state index contributed by atoms with van der Waals surface area (Å²) in [5, 5.41) is 6.07. The van der Waals surface area contributed by atoms with Gasteiger partial charge in [0.15, 0.2) is 0 Å². The first-order valence-electron chi connectivity index (χ1n) is 10.6. The maximum absolute atomic E-state index is 12.9. The zero-order chi connectivity index (χ0) is 18.4. The summed E-state index contributed by atoms with van der Waals surface area (Å²) >= 11 is 0. The van der Waals surface area contributed by atoms with Crippen molar-refractivity contribution in [3.63, 3.8) is 0 Å². The highest BCUT2D eigenvalue weighted by Gasteiger charge is 2.54. The predicted octanol–water partition coefficient (Wildman–Crippen LogP) is 2.31. The molecule has 2 N–H and O–H groups in total. The lowest BCUT2D eigenvalue weighted by Crippen LogP contribution is -2.55. The van der Waals surface area contributed by atoms with E-state index in [0.717, 1.165) is 49.9 Å². The van der Waals surface area contributed by atoms with Crippen LogP contribution in [0, 0.1) is 23.2 Å². The lowest BCUT2D eigenvalue weighted by Gasteiger charge is -2.55. The molecular weight excluding hydrogens is 326 g/mol. The summed E-state index contributed by atoms with van der Waals surface area (Å²) < 4.78 is 0. The first-order chi connectivity index (χ1) is 12.4. The lowest BCUT2D eigenvalue weighted by atomic mass is 9.49. The standard InChI is InChI=1S/C21H35N3O2/c1-24(2)21(5-3-4-6-21)14-23-18(25)13-22-19(26)20-10-15-7-16(11-20)9-17(8-15)12-20/h15-17H,3-14H2,1-2H3,(H,22,26)(H,23,25). The van der Waals surface area contributed by atoms with Crippen molar-refractivity contribution in [3.05, 3.63) is 0 Å². The van der Waals surface area contributed by atoms with Crippen LogP contribution in [0.4, 0.5) is 0 Å². The maximum atomic E-state index is 12.9. The van der Waals surface area contributed by atoms with Crippen molar-refractivity contribution in [3.8, 4) is 0 Å². The third-order valence-electron chi connectivity index (χ3n) is 8.03. The third-order valence-corrected chi connectivity index (χ3v) is 8.03. The molecule has 5 rings (SSSR count). The van der Waals surface area contributed by atoms with Gasteiger partial charge in [0.25, 0.3) is 0 Å². The topological polar surface area (TPSA) is 61.4 Å². The number of likely N-dealkylation sites (N-methyl/N-ethyl adjacent to an activating group) is 1. The molecule has 5 saturated carbocycles. The Balaban J connectivity index is 1.27. The van der Waals surface area contributed by atoms with Gasteiger partial charge in [-0.15, -0.1) is 0 Å². The van der Waals surface area contributed by atoms with E-state index in [9.17, 15) is 9.59 Å². The van der Waals surface area contributed by atoms with E-state index in [0.29, 0.717) is 6.54 Å². The van der Waals surface area contributed by atoms with E-state index >= 15 is 0 Å². The van der Waals surface area contributed by atoms with Gasteiger partial charge in [-0.05, 0) is 83.2 Å². The molecule has 5 aliphatic rings. The summed E-state index contributed by atoms with van der Waals surface area (Å²) in [6.45, 7) is 0.816. The minimum absolute atomic E-state index is 0.0452. The zero-order valence-electron chi connectivity index (χ0n) is 16.5. The van der Waals surface area contributed by atoms with Crippen LogP contribution >= 0.6 is 0 Å². The summed E-state index contributed by atoms with van der Waals surface area (Å²) in [5.74, 6) is 2.36. The number of carbonyl (C=O) groups excluding carboxylic acids is 2. The molecule has 0 unspecified atom stereocenters. The van der Waals surface area contributed by atoms with Crippen LogP contribution in [0.1, 0.15) is 64.2 Å². The summed E-state index contributed by atoms with van der Waals surface area (Å²) in [5.41, 5.74) is -0.0645. The number of amides is 2. The Kier molecular flexibility index (Phi) is 4.79. The molecular formula is C21H35N3O2. The van der Waals surface area contributed by atoms with Crippen molar-refractivity contribution < 1.29 is 9.59 Å². The second kappa shape index (κ2) is 6.81. The number of hydrogen-bond acceptors (Lipinski definition) is 3. The first-order valence-corrected chi connectivity index (χ1v) is 10.6. The Morgan fingerprint density at radius 1 is 0.923 bits per heavy atom. The van der Waals surface area contributed by atoms with Gasteiger partial charge in [0.1, 0.15) is 0 Å². The van der Waals surface area contributed by atoms with Crippen LogP contribution < -0.4 is 10.6 Å². The van der Waals surface area contributed by atoms with Crippen molar-refractivity contribution in [1.29, 1.82) is 0 Å². The highest BCUT2D eigenvalue weighted by molar-refractivity contribution is 5.88. The number of nitrogens with one attached hydrogen (secondary N) is 2. The van der Waals surface area contributed by atoms with Crippen LogP contribution in [0.25, 0.3) is 0 Å². The largest absolute Gasteiger partial charge is 0.353 e. The van der Waals surface area contributed by atoms with Crippen molar-refractivity contribution in [2.75, 3.05) is 27.2 Å². The van der Waals surface area contributed by atoms with Crippen LogP contribution in [-0.2, 0) is 9.59 Å². The van der Waals surface area contributed by atoms with Crippen LogP contribution in [0.15, 0.2) is 0 Å². The van der Waals surface area contributed by atoms with Gasteiger partial charge in [0.2, 0.25) is 11.8 Å². The highest BCUT2D eigenvalue weighted by Crippen LogP contribution is 2.60. The fourth-order valence-electron chi connectivity index (χ4n) is 6.88. The van der Waals surface area contributed by atoms with E-state index in [4.69, 9.17) is 0 Å². The molecule has 26 heavy (non-hydrogen) atoms. The zero-order valence-corrected chi connectivity index (χ0v) is 16.5. The van der Waals surface area contributed by atoms with Gasteiger partial charge in [-0.3, -0.25) is 9.59 Å². The molecule has 4 bridgehead atoms. The Bertz CT molecular complexity index is 530. The van der Waals surface area contributed by atoms with Crippen molar-refractivity contribution in [2.45, 2.75) is 69.7 Å². The Morgan fingerprint density at radius 2 is 1.46 bits per heavy atom. The van der Waals surface area contributed by atoms with Crippen LogP contribution in [-0.4, -0.2) is 49.4 Å². The van der Waals surface area contributed by atoms with Gasteiger partial charge in [0, 0.05) is 17.5 Å². The second-order valence-corrected chi connectivity index (χ2v) is 9.98. The molecule has 0 atom stereocenters. The van der Waals surface area contributed by atoms with Crippen LogP contribution in [0.5, 0.6) is 0 Å². The van der Waals surface area contributed by atoms with E-state index in [1.165, 1.54) is 32.1 Å². The first kappa shape index (κ1) is 18.3. The molecule has 0 aliphatic heterocycles. The average Bonchev–Trinajstić information content (AvgIpc) is 3.07. The molecule has 0 saturated heterocycles. The Labute approximate surface area is 157 Å². The summed E-state index contributed by atoms with van der Waals surface area (Å²) in [6.07, 6.45) is 11.9. The third kappa shape index (κ3) is 3.28. The molecule has 5 aliphatic carbocycles. The molecule has 5 heteroatoms. The van der Waals surface area contributed by atoms with Gasteiger partial charge in [0.05, 0.1) is 6.54 Å². The molecule has 146 valence electrons. The van der Waals surface area contributed by atoms with Crippen molar-refractivity contribution >= 4 is 11.8 Å². The number of nitrogens with zero attached hydrogens (tertiary/aromatic N) is 1. The van der Waals surface area contributed by atoms with E-state index in [2.05, 4.69) is 29.6 Å². The SMILES string of the molecule is CN(C)C1(CNC(=O)CNC(=O)C23CC4CC(CC(C4)C2)C3)CCCC1. The van der Waals surface area contributed by atoms with Crippen LogP contribution in [0.3, 0.4) is 0 Å². The van der Waals surface area contributed by atoms with Gasteiger partial charge in [-0.25, -0.2) is 0 Å². The minimum atomic E-state index is -0.161. The number of rotatable bonds is 6. The molecule has 2 amide bonds. The fraction of sp³-hybridized carbons (Fsp3) is 0.905. The van der Waals surface area contributed by atoms with E-state index < -0.39 is 0 Å². The normalized spacial score (nSPS) is 37.1. The lowest BCUT2D eigenvalue weighted by molar-refractivity contribution is -0.147. The molecule has 0 aromatic rings. The maximum Gasteiger partial charge on any atom is 0.239 e. The van der Waals surface area contributed by atoms with Crippen molar-refractivity contribution in [1.82, 2.24) is 15.5 Å². The monoisotopic (exact) mass is 361 g/mol. The molecule has 5 nitrogen and oxygen atoms in total. The van der Waals surface area contributed by atoms with Crippen molar-refractivity contribution in [2.24, 2.45) is 23.2 Å². The Morgan fingerprint density at radius 3 is 1.96 bits per heavy atom. The summed E-state index contributed by atoms with van der Waals surface area (Å²) in [4.78, 5) is 27.5.